The number of nitrogens with one attached hydrogen (secondary N) is 1. The number of fused-ring (bicyclic) bond motifs is 2. The fourth-order valence-corrected chi connectivity index (χ4v) is 2.67. The summed E-state index contributed by atoms with van der Waals surface area (Å²) in [7, 11) is 5.25. The van der Waals surface area contributed by atoms with E-state index in [0.717, 1.165) is 27.7 Å². The lowest BCUT2D eigenvalue weighted by molar-refractivity contribution is 0.400. The molecule has 0 aliphatic carbocycles. The normalized spacial score (nSPS) is 11.3. The lowest BCUT2D eigenvalue weighted by Crippen LogP contribution is -2.04. The molecule has 1 N–H and O–H groups in total. The topological polar surface area (TPSA) is 82.2 Å². The fourth-order valence-electron chi connectivity index (χ4n) is 2.67. The van der Waals surface area contributed by atoms with E-state index < -0.39 is 0 Å². The molecule has 0 fully saturated rings. The van der Waals surface area contributed by atoms with E-state index in [0.29, 0.717) is 11.8 Å². The van der Waals surface area contributed by atoms with E-state index in [1.54, 1.807) is 23.4 Å². The molecule has 3 aromatic heterocycles. The molecule has 1 aromatic carbocycles. The van der Waals surface area contributed by atoms with Crippen LogP contribution in [0.3, 0.4) is 0 Å². The van der Waals surface area contributed by atoms with Gasteiger partial charge < -0.3 is 10.1 Å². The van der Waals surface area contributed by atoms with Gasteiger partial charge in [-0.3, -0.25) is 0 Å². The van der Waals surface area contributed by atoms with Gasteiger partial charge in [-0.2, -0.15) is 4.98 Å². The average molecular weight is 309 g/mol. The molecular weight excluding hydrogens is 294 g/mol. The van der Waals surface area contributed by atoms with E-state index >= 15 is 0 Å². The Morgan fingerprint density at radius 3 is 2.87 bits per heavy atom. The molecule has 4 rings (SSSR count). The van der Waals surface area contributed by atoms with Gasteiger partial charge in [0, 0.05) is 25.9 Å². The molecule has 0 saturated heterocycles. The predicted molar refractivity (Wildman–Crippen MR) is 86.6 cm³/mol. The standard InChI is InChI=1S/C15H15N7O/c1-16-15-17-14(23-3)13-10(6-7-22(13)19-15)9-4-5-11-12(8-9)21(2)20-18-11/h4-8H,1-3H3,(H,16,19). The monoisotopic (exact) mass is 309 g/mol. The first-order valence-electron chi connectivity index (χ1n) is 7.12. The molecule has 116 valence electrons. The number of anilines is 1. The molecule has 8 heteroatoms. The highest BCUT2D eigenvalue weighted by molar-refractivity contribution is 5.89. The molecule has 0 aliphatic rings. The number of methoxy groups -OCH3 is 1. The van der Waals surface area contributed by atoms with Gasteiger partial charge in [-0.1, -0.05) is 11.3 Å². The molecule has 8 nitrogen and oxygen atoms in total. The molecule has 0 unspecified atom stereocenters. The second-order valence-corrected chi connectivity index (χ2v) is 5.13. The largest absolute Gasteiger partial charge is 0.479 e. The quantitative estimate of drug-likeness (QED) is 0.620. The predicted octanol–water partition coefficient (Wildman–Crippen LogP) is 1.73. The zero-order valence-corrected chi connectivity index (χ0v) is 13.0. The second kappa shape index (κ2) is 4.94. The van der Waals surface area contributed by atoms with Crippen LogP contribution in [-0.4, -0.2) is 43.7 Å². The van der Waals surface area contributed by atoms with E-state index in [9.17, 15) is 0 Å². The third kappa shape index (κ3) is 1.99. The first-order chi connectivity index (χ1) is 11.2. The van der Waals surface area contributed by atoms with E-state index in [1.165, 1.54) is 0 Å². The third-order valence-electron chi connectivity index (χ3n) is 3.82. The molecular formula is C15H15N7O. The summed E-state index contributed by atoms with van der Waals surface area (Å²) in [4.78, 5) is 4.37. The van der Waals surface area contributed by atoms with Crippen LogP contribution in [0, 0.1) is 0 Å². The molecule has 0 amide bonds. The Morgan fingerprint density at radius 2 is 2.09 bits per heavy atom. The number of hydrogen-bond donors (Lipinski definition) is 1. The lowest BCUT2D eigenvalue weighted by Gasteiger charge is -2.07. The molecule has 0 atom stereocenters. The number of aryl methyl sites for hydroxylation is 1. The van der Waals surface area contributed by atoms with Gasteiger partial charge in [0.25, 0.3) is 0 Å². The van der Waals surface area contributed by atoms with Crippen LogP contribution in [0.2, 0.25) is 0 Å². The summed E-state index contributed by atoms with van der Waals surface area (Å²) < 4.78 is 8.96. The maximum Gasteiger partial charge on any atom is 0.244 e. The first kappa shape index (κ1) is 13.5. The Labute approximate surface area is 131 Å². The molecule has 0 radical (unpaired) electrons. The van der Waals surface area contributed by atoms with Crippen LogP contribution >= 0.6 is 0 Å². The van der Waals surface area contributed by atoms with Crippen molar-refractivity contribution in [2.45, 2.75) is 0 Å². The number of rotatable bonds is 3. The first-order valence-corrected chi connectivity index (χ1v) is 7.12. The summed E-state index contributed by atoms with van der Waals surface area (Å²) in [6, 6.07) is 8.02. The Hall–Kier alpha value is -3.16. The van der Waals surface area contributed by atoms with Gasteiger partial charge in [0.05, 0.1) is 12.6 Å². The molecule has 3 heterocycles. The van der Waals surface area contributed by atoms with E-state index in [2.05, 4.69) is 31.8 Å². The van der Waals surface area contributed by atoms with Crippen molar-refractivity contribution in [3.8, 4) is 17.0 Å². The summed E-state index contributed by atoms with van der Waals surface area (Å²) in [5.41, 5.74) is 4.67. The Morgan fingerprint density at radius 1 is 1.22 bits per heavy atom. The SMILES string of the molecule is CNc1nc(OC)c2c(-c3ccc4nnn(C)c4c3)ccn2n1. The van der Waals surface area contributed by atoms with E-state index in [1.807, 2.05) is 31.4 Å². The number of nitrogens with zero attached hydrogens (tertiary/aromatic N) is 6. The van der Waals surface area contributed by atoms with Crippen molar-refractivity contribution in [3.05, 3.63) is 30.5 Å². The van der Waals surface area contributed by atoms with Gasteiger partial charge in [0.2, 0.25) is 11.8 Å². The summed E-state index contributed by atoms with van der Waals surface area (Å²) in [6.45, 7) is 0. The smallest absolute Gasteiger partial charge is 0.244 e. The Kier molecular flexibility index (Phi) is 2.90. The average Bonchev–Trinajstić information content (AvgIpc) is 3.17. The van der Waals surface area contributed by atoms with Crippen molar-refractivity contribution in [3.63, 3.8) is 0 Å². The van der Waals surface area contributed by atoms with Crippen LogP contribution in [0.15, 0.2) is 30.5 Å². The Balaban J connectivity index is 1.98. The van der Waals surface area contributed by atoms with Crippen molar-refractivity contribution >= 4 is 22.5 Å². The number of hydrogen-bond acceptors (Lipinski definition) is 6. The van der Waals surface area contributed by atoms with Gasteiger partial charge in [0.15, 0.2) is 0 Å². The van der Waals surface area contributed by atoms with Crippen molar-refractivity contribution in [2.24, 2.45) is 7.05 Å². The summed E-state index contributed by atoms with van der Waals surface area (Å²) in [5.74, 6) is 1.02. The van der Waals surface area contributed by atoms with Crippen LogP contribution in [-0.2, 0) is 7.05 Å². The number of aromatic nitrogens is 6. The van der Waals surface area contributed by atoms with Gasteiger partial charge in [-0.25, -0.2) is 9.20 Å². The zero-order valence-electron chi connectivity index (χ0n) is 13.0. The highest BCUT2D eigenvalue weighted by atomic mass is 16.5. The Bertz CT molecular complexity index is 1020. The van der Waals surface area contributed by atoms with Gasteiger partial charge in [-0.15, -0.1) is 10.2 Å². The summed E-state index contributed by atoms with van der Waals surface area (Å²) >= 11 is 0. The van der Waals surface area contributed by atoms with Crippen LogP contribution in [0.4, 0.5) is 5.95 Å². The van der Waals surface area contributed by atoms with Crippen molar-refractivity contribution in [2.75, 3.05) is 19.5 Å². The van der Waals surface area contributed by atoms with Gasteiger partial charge >= 0.3 is 0 Å². The second-order valence-electron chi connectivity index (χ2n) is 5.13. The highest BCUT2D eigenvalue weighted by Crippen LogP contribution is 2.32. The van der Waals surface area contributed by atoms with Crippen LogP contribution in [0.1, 0.15) is 0 Å². The minimum Gasteiger partial charge on any atom is -0.479 e. The van der Waals surface area contributed by atoms with Crippen molar-refractivity contribution < 1.29 is 4.74 Å². The van der Waals surface area contributed by atoms with Crippen LogP contribution in [0.25, 0.3) is 27.7 Å². The molecule has 0 bridgehead atoms. The lowest BCUT2D eigenvalue weighted by atomic mass is 10.1. The molecule has 23 heavy (non-hydrogen) atoms. The molecule has 4 aromatic rings. The van der Waals surface area contributed by atoms with Gasteiger partial charge in [-0.05, 0) is 23.8 Å². The summed E-state index contributed by atoms with van der Waals surface area (Å²) in [6.07, 6.45) is 1.89. The van der Waals surface area contributed by atoms with E-state index in [4.69, 9.17) is 4.74 Å². The molecule has 0 saturated carbocycles. The summed E-state index contributed by atoms with van der Waals surface area (Å²) in [5, 5.41) is 15.5. The van der Waals surface area contributed by atoms with Crippen LogP contribution in [0.5, 0.6) is 5.88 Å². The van der Waals surface area contributed by atoms with Crippen molar-refractivity contribution in [1.29, 1.82) is 0 Å². The van der Waals surface area contributed by atoms with Crippen molar-refractivity contribution in [1.82, 2.24) is 29.6 Å². The maximum absolute atomic E-state index is 5.44. The number of benzene rings is 1. The molecule has 0 aliphatic heterocycles. The third-order valence-corrected chi connectivity index (χ3v) is 3.82. The highest BCUT2D eigenvalue weighted by Gasteiger charge is 2.15. The van der Waals surface area contributed by atoms with E-state index in [-0.39, 0.29) is 0 Å². The molecule has 0 spiro atoms. The maximum atomic E-state index is 5.44. The van der Waals surface area contributed by atoms with Gasteiger partial charge in [0.1, 0.15) is 11.0 Å². The van der Waals surface area contributed by atoms with Crippen LogP contribution < -0.4 is 10.1 Å². The zero-order chi connectivity index (χ0) is 16.0. The minimum atomic E-state index is 0.503. The number of ether oxygens (including phenoxy) is 1. The fraction of sp³-hybridized carbons (Fsp3) is 0.200. The minimum absolute atomic E-state index is 0.503.